The Balaban J connectivity index is 1.77. The largest absolute Gasteiger partial charge is 0.456 e. The molecule has 2 aromatic rings. The van der Waals surface area contributed by atoms with Crippen molar-refractivity contribution in [1.82, 2.24) is 0 Å². The molecule has 5 nitrogen and oxygen atoms in total. The van der Waals surface area contributed by atoms with Gasteiger partial charge in [0.15, 0.2) is 6.61 Å². The normalized spacial score (nSPS) is 10.0. The maximum atomic E-state index is 12.8. The van der Waals surface area contributed by atoms with E-state index in [1.165, 1.54) is 23.9 Å². The standard InChI is InChI=1S/C19H17FN2O3S/c20-15-8-5-14(6-9-15)7-10-19(24)25-13-18(23)22-16-3-1-2-4-17(16)26-12-11-21/h1-6,8-9H,7,10,12-13H2,(H,22,23). The molecule has 0 aliphatic carbocycles. The van der Waals surface area contributed by atoms with E-state index in [1.807, 2.05) is 12.1 Å². The summed E-state index contributed by atoms with van der Waals surface area (Å²) >= 11 is 1.31. The summed E-state index contributed by atoms with van der Waals surface area (Å²) in [7, 11) is 0. The predicted octanol–water partition coefficient (Wildman–Crippen LogP) is 3.56. The lowest BCUT2D eigenvalue weighted by molar-refractivity contribution is -0.147. The van der Waals surface area contributed by atoms with Crippen LogP contribution in [0.4, 0.5) is 10.1 Å². The fourth-order valence-electron chi connectivity index (χ4n) is 2.11. The second-order valence-electron chi connectivity index (χ2n) is 5.28. The zero-order valence-electron chi connectivity index (χ0n) is 13.9. The van der Waals surface area contributed by atoms with Gasteiger partial charge in [-0.05, 0) is 36.2 Å². The number of anilines is 1. The average molecular weight is 372 g/mol. The molecule has 0 unspecified atom stereocenters. The van der Waals surface area contributed by atoms with E-state index in [0.717, 1.165) is 10.5 Å². The number of aryl methyl sites for hydroxylation is 1. The number of carbonyl (C=O) groups excluding carboxylic acids is 2. The highest BCUT2D eigenvalue weighted by Gasteiger charge is 2.10. The lowest BCUT2D eigenvalue weighted by atomic mass is 10.1. The van der Waals surface area contributed by atoms with Gasteiger partial charge in [0, 0.05) is 11.3 Å². The lowest BCUT2D eigenvalue weighted by Crippen LogP contribution is -2.21. The van der Waals surface area contributed by atoms with E-state index in [1.54, 1.807) is 30.3 Å². The predicted molar refractivity (Wildman–Crippen MR) is 97.1 cm³/mol. The van der Waals surface area contributed by atoms with Gasteiger partial charge in [-0.3, -0.25) is 9.59 Å². The molecule has 0 bridgehead atoms. The average Bonchev–Trinajstić information content (AvgIpc) is 2.65. The van der Waals surface area contributed by atoms with Crippen LogP contribution in [0.15, 0.2) is 53.4 Å². The zero-order chi connectivity index (χ0) is 18.8. The van der Waals surface area contributed by atoms with E-state index in [0.29, 0.717) is 12.1 Å². The Hall–Kier alpha value is -2.85. The summed E-state index contributed by atoms with van der Waals surface area (Å²) in [5.41, 5.74) is 1.39. The van der Waals surface area contributed by atoms with Crippen LogP contribution in [0.2, 0.25) is 0 Å². The van der Waals surface area contributed by atoms with Gasteiger partial charge in [0.25, 0.3) is 5.91 Å². The zero-order valence-corrected chi connectivity index (χ0v) is 14.7. The van der Waals surface area contributed by atoms with E-state index in [4.69, 9.17) is 10.00 Å². The topological polar surface area (TPSA) is 79.2 Å². The van der Waals surface area contributed by atoms with Crippen molar-refractivity contribution in [3.05, 3.63) is 59.9 Å². The van der Waals surface area contributed by atoms with Crippen LogP contribution in [0.25, 0.3) is 0 Å². The molecule has 0 atom stereocenters. The molecule has 1 N–H and O–H groups in total. The molecule has 134 valence electrons. The number of nitrogens with one attached hydrogen (secondary N) is 1. The number of amides is 1. The molecule has 26 heavy (non-hydrogen) atoms. The minimum absolute atomic E-state index is 0.105. The van der Waals surface area contributed by atoms with Crippen molar-refractivity contribution in [3.8, 4) is 6.07 Å². The number of rotatable bonds is 8. The van der Waals surface area contributed by atoms with E-state index < -0.39 is 11.9 Å². The van der Waals surface area contributed by atoms with Gasteiger partial charge in [-0.2, -0.15) is 5.26 Å². The Morgan fingerprint density at radius 3 is 2.62 bits per heavy atom. The first-order valence-electron chi connectivity index (χ1n) is 7.87. The summed E-state index contributed by atoms with van der Waals surface area (Å²) in [5, 5.41) is 11.3. The molecule has 2 rings (SSSR count). The van der Waals surface area contributed by atoms with E-state index in [-0.39, 0.29) is 24.6 Å². The summed E-state index contributed by atoms with van der Waals surface area (Å²) in [6, 6.07) is 15.0. The van der Waals surface area contributed by atoms with Crippen molar-refractivity contribution in [1.29, 1.82) is 5.26 Å². The fraction of sp³-hybridized carbons (Fsp3) is 0.211. The number of ether oxygens (including phenoxy) is 1. The highest BCUT2D eigenvalue weighted by Crippen LogP contribution is 2.26. The molecule has 2 aromatic carbocycles. The van der Waals surface area contributed by atoms with Gasteiger partial charge in [-0.15, -0.1) is 11.8 Å². The second kappa shape index (κ2) is 10.2. The van der Waals surface area contributed by atoms with E-state index in [2.05, 4.69) is 5.32 Å². The third kappa shape index (κ3) is 6.57. The van der Waals surface area contributed by atoms with Gasteiger partial charge in [-0.25, -0.2) is 4.39 Å². The fourth-order valence-corrected chi connectivity index (χ4v) is 2.78. The maximum absolute atomic E-state index is 12.8. The van der Waals surface area contributed by atoms with Gasteiger partial charge in [0.05, 0.1) is 17.5 Å². The second-order valence-corrected chi connectivity index (χ2v) is 6.30. The Kier molecular flexibility index (Phi) is 7.65. The van der Waals surface area contributed by atoms with Crippen LogP contribution in [-0.2, 0) is 20.7 Å². The van der Waals surface area contributed by atoms with Gasteiger partial charge < -0.3 is 10.1 Å². The van der Waals surface area contributed by atoms with Crippen LogP contribution in [0.5, 0.6) is 0 Å². The van der Waals surface area contributed by atoms with Gasteiger partial charge >= 0.3 is 5.97 Å². The molecule has 0 saturated heterocycles. The molecule has 0 aliphatic heterocycles. The summed E-state index contributed by atoms with van der Waals surface area (Å²) in [6.45, 7) is -0.389. The summed E-state index contributed by atoms with van der Waals surface area (Å²) in [5.74, 6) is -1.02. The van der Waals surface area contributed by atoms with Gasteiger partial charge in [0.2, 0.25) is 0 Å². The monoisotopic (exact) mass is 372 g/mol. The maximum Gasteiger partial charge on any atom is 0.306 e. The Labute approximate surface area is 155 Å². The Morgan fingerprint density at radius 1 is 1.15 bits per heavy atom. The van der Waals surface area contributed by atoms with Crippen LogP contribution in [0.1, 0.15) is 12.0 Å². The summed E-state index contributed by atoms with van der Waals surface area (Å²) in [6.07, 6.45) is 0.516. The lowest BCUT2D eigenvalue weighted by Gasteiger charge is -2.10. The first-order valence-corrected chi connectivity index (χ1v) is 8.85. The quantitative estimate of drug-likeness (QED) is 0.566. The SMILES string of the molecule is N#CCSc1ccccc1NC(=O)COC(=O)CCc1ccc(F)cc1. The molecular formula is C19H17FN2O3S. The number of nitrogens with zero attached hydrogens (tertiary/aromatic N) is 1. The van der Waals surface area contributed by atoms with E-state index in [9.17, 15) is 14.0 Å². The van der Waals surface area contributed by atoms with Gasteiger partial charge in [0.1, 0.15) is 5.82 Å². The van der Waals surface area contributed by atoms with Gasteiger partial charge in [-0.1, -0.05) is 24.3 Å². The molecule has 0 aromatic heterocycles. The molecule has 1 amide bonds. The number of thioether (sulfide) groups is 1. The number of carbonyl (C=O) groups is 2. The van der Waals surface area contributed by atoms with Crippen molar-refractivity contribution in [2.75, 3.05) is 17.7 Å². The van der Waals surface area contributed by atoms with Crippen molar-refractivity contribution in [2.24, 2.45) is 0 Å². The van der Waals surface area contributed by atoms with Crippen molar-refractivity contribution >= 4 is 29.3 Å². The van der Waals surface area contributed by atoms with E-state index >= 15 is 0 Å². The van der Waals surface area contributed by atoms with Crippen LogP contribution in [0, 0.1) is 17.1 Å². The Morgan fingerprint density at radius 2 is 1.88 bits per heavy atom. The number of hydrogen-bond donors (Lipinski definition) is 1. The summed E-state index contributed by atoms with van der Waals surface area (Å²) < 4.78 is 17.8. The molecule has 0 fully saturated rings. The molecular weight excluding hydrogens is 355 g/mol. The minimum atomic E-state index is -0.503. The van der Waals surface area contributed by atoms with Crippen molar-refractivity contribution in [2.45, 2.75) is 17.7 Å². The molecule has 0 spiro atoms. The summed E-state index contributed by atoms with van der Waals surface area (Å²) in [4.78, 5) is 24.5. The highest BCUT2D eigenvalue weighted by atomic mass is 32.2. The number of hydrogen-bond acceptors (Lipinski definition) is 5. The third-order valence-electron chi connectivity index (χ3n) is 3.35. The van der Waals surface area contributed by atoms with Crippen LogP contribution in [0.3, 0.4) is 0 Å². The van der Waals surface area contributed by atoms with Crippen LogP contribution in [-0.4, -0.2) is 24.2 Å². The number of nitriles is 1. The Bertz CT molecular complexity index is 803. The number of benzene rings is 2. The number of esters is 1. The number of halogens is 1. The first-order chi connectivity index (χ1) is 12.6. The minimum Gasteiger partial charge on any atom is -0.456 e. The first kappa shape index (κ1) is 19.5. The number of para-hydroxylation sites is 1. The van der Waals surface area contributed by atoms with Crippen molar-refractivity contribution in [3.63, 3.8) is 0 Å². The molecule has 0 radical (unpaired) electrons. The van der Waals surface area contributed by atoms with Crippen molar-refractivity contribution < 1.29 is 18.7 Å². The van der Waals surface area contributed by atoms with Crippen LogP contribution >= 0.6 is 11.8 Å². The van der Waals surface area contributed by atoms with Crippen LogP contribution < -0.4 is 5.32 Å². The molecule has 0 aliphatic rings. The third-order valence-corrected chi connectivity index (χ3v) is 4.29. The molecule has 0 heterocycles. The molecule has 0 saturated carbocycles. The highest BCUT2D eigenvalue weighted by molar-refractivity contribution is 7.99. The molecule has 7 heteroatoms. The smallest absolute Gasteiger partial charge is 0.306 e.